The number of benzene rings is 1. The van der Waals surface area contributed by atoms with Crippen molar-refractivity contribution < 1.29 is 4.79 Å². The van der Waals surface area contributed by atoms with E-state index < -0.39 is 0 Å². The van der Waals surface area contributed by atoms with Crippen LogP contribution in [0.1, 0.15) is 21.5 Å². The number of pyridine rings is 1. The summed E-state index contributed by atoms with van der Waals surface area (Å²) in [6.07, 6.45) is 5.10. The number of nitrogens with one attached hydrogen (secondary N) is 1. The van der Waals surface area contributed by atoms with E-state index in [9.17, 15) is 4.79 Å². The van der Waals surface area contributed by atoms with Crippen molar-refractivity contribution in [2.24, 2.45) is 0 Å². The highest BCUT2D eigenvalue weighted by atomic mass is 16.1. The Morgan fingerprint density at radius 1 is 1.32 bits per heavy atom. The van der Waals surface area contributed by atoms with Gasteiger partial charge in [-0.15, -0.1) is 0 Å². The molecule has 2 heterocycles. The van der Waals surface area contributed by atoms with Crippen LogP contribution in [0.4, 0.5) is 5.69 Å². The van der Waals surface area contributed by atoms with Gasteiger partial charge in [-0.2, -0.15) is 0 Å². The number of ketones is 1. The Balaban J connectivity index is 2.11. The number of aromatic amines is 1. The summed E-state index contributed by atoms with van der Waals surface area (Å²) in [4.78, 5) is 19.6. The van der Waals surface area contributed by atoms with Gasteiger partial charge >= 0.3 is 0 Å². The number of hydrogen-bond donors (Lipinski definition) is 2. The summed E-state index contributed by atoms with van der Waals surface area (Å²) in [6.45, 7) is 1.92. The minimum absolute atomic E-state index is 0.0500. The van der Waals surface area contributed by atoms with Crippen LogP contribution in [-0.4, -0.2) is 15.8 Å². The molecule has 3 N–H and O–H groups in total. The van der Waals surface area contributed by atoms with Gasteiger partial charge in [0.25, 0.3) is 0 Å². The Bertz CT molecular complexity index is 774. The molecule has 4 heteroatoms. The number of carbonyl (C=O) groups excluding carboxylic acids is 1. The van der Waals surface area contributed by atoms with E-state index in [4.69, 9.17) is 5.73 Å². The Labute approximate surface area is 110 Å². The molecular weight excluding hydrogens is 238 g/mol. The smallest absolute Gasteiger partial charge is 0.195 e. The molecule has 94 valence electrons. The molecule has 0 aliphatic heterocycles. The van der Waals surface area contributed by atoms with Gasteiger partial charge in [-0.3, -0.25) is 9.78 Å². The second-order valence-corrected chi connectivity index (χ2v) is 4.52. The van der Waals surface area contributed by atoms with Gasteiger partial charge in [0.05, 0.1) is 0 Å². The SMILES string of the molecule is Cc1ccc(C(=O)c2c[nH]c3ccncc23)cc1N. The fraction of sp³-hybridized carbons (Fsp3) is 0.0667. The fourth-order valence-corrected chi connectivity index (χ4v) is 2.09. The van der Waals surface area contributed by atoms with Crippen LogP contribution in [0.25, 0.3) is 10.9 Å². The molecule has 19 heavy (non-hydrogen) atoms. The Kier molecular flexibility index (Phi) is 2.56. The number of aromatic nitrogens is 2. The number of aryl methyl sites for hydroxylation is 1. The number of anilines is 1. The molecule has 4 nitrogen and oxygen atoms in total. The van der Waals surface area contributed by atoms with Gasteiger partial charge in [0.2, 0.25) is 0 Å². The number of fused-ring (bicyclic) bond motifs is 1. The highest BCUT2D eigenvalue weighted by Gasteiger charge is 2.14. The zero-order valence-corrected chi connectivity index (χ0v) is 10.5. The molecule has 0 amide bonds. The Morgan fingerprint density at radius 3 is 2.95 bits per heavy atom. The molecule has 0 saturated carbocycles. The van der Waals surface area contributed by atoms with Crippen LogP contribution in [-0.2, 0) is 0 Å². The fourth-order valence-electron chi connectivity index (χ4n) is 2.09. The maximum Gasteiger partial charge on any atom is 0.195 e. The molecule has 3 aromatic rings. The number of H-pyrrole nitrogens is 1. The number of nitrogens with two attached hydrogens (primary N) is 1. The molecule has 3 rings (SSSR count). The third-order valence-corrected chi connectivity index (χ3v) is 3.27. The van der Waals surface area contributed by atoms with E-state index in [0.29, 0.717) is 16.8 Å². The second-order valence-electron chi connectivity index (χ2n) is 4.52. The highest BCUT2D eigenvalue weighted by molar-refractivity contribution is 6.16. The van der Waals surface area contributed by atoms with Crippen molar-refractivity contribution >= 4 is 22.4 Å². The Hall–Kier alpha value is -2.62. The number of carbonyl (C=O) groups is 1. The number of hydrogen-bond acceptors (Lipinski definition) is 3. The standard InChI is InChI=1S/C15H13N3O/c1-9-2-3-10(6-13(9)16)15(19)12-8-18-14-4-5-17-7-11(12)14/h2-8,18H,16H2,1H3. The van der Waals surface area contributed by atoms with Gasteiger partial charge in [-0.05, 0) is 24.6 Å². The number of nitrogens with zero attached hydrogens (tertiary/aromatic N) is 1. The zero-order valence-electron chi connectivity index (χ0n) is 10.5. The van der Waals surface area contributed by atoms with Gasteiger partial charge in [0.1, 0.15) is 0 Å². The molecule has 0 aliphatic carbocycles. The zero-order chi connectivity index (χ0) is 13.4. The summed E-state index contributed by atoms with van der Waals surface area (Å²) < 4.78 is 0. The molecule has 0 fully saturated rings. The van der Waals surface area contributed by atoms with E-state index in [2.05, 4.69) is 9.97 Å². The first-order chi connectivity index (χ1) is 9.16. The van der Waals surface area contributed by atoms with Crippen LogP contribution in [0.5, 0.6) is 0 Å². The van der Waals surface area contributed by atoms with E-state index in [-0.39, 0.29) is 5.78 Å². The maximum atomic E-state index is 12.5. The molecular formula is C15H13N3O. The molecule has 0 atom stereocenters. The Morgan fingerprint density at radius 2 is 2.16 bits per heavy atom. The second kappa shape index (κ2) is 4.24. The molecule has 0 spiro atoms. The van der Waals surface area contributed by atoms with Crippen molar-refractivity contribution in [3.05, 3.63) is 59.5 Å². The quantitative estimate of drug-likeness (QED) is 0.543. The summed E-state index contributed by atoms with van der Waals surface area (Å²) >= 11 is 0. The van der Waals surface area contributed by atoms with Crippen LogP contribution in [0.15, 0.2) is 42.9 Å². The first-order valence-electron chi connectivity index (χ1n) is 5.99. The maximum absolute atomic E-state index is 12.5. The average molecular weight is 251 g/mol. The van der Waals surface area contributed by atoms with Crippen molar-refractivity contribution in [2.45, 2.75) is 6.92 Å². The monoisotopic (exact) mass is 251 g/mol. The summed E-state index contributed by atoms with van der Waals surface area (Å²) in [5.74, 6) is -0.0500. The van der Waals surface area contributed by atoms with Crippen molar-refractivity contribution in [1.29, 1.82) is 0 Å². The van der Waals surface area contributed by atoms with Gasteiger partial charge in [0, 0.05) is 46.3 Å². The largest absolute Gasteiger partial charge is 0.398 e. The first-order valence-corrected chi connectivity index (χ1v) is 5.99. The third kappa shape index (κ3) is 1.87. The molecule has 0 bridgehead atoms. The molecule has 1 aromatic carbocycles. The van der Waals surface area contributed by atoms with E-state index >= 15 is 0 Å². The average Bonchev–Trinajstić information content (AvgIpc) is 2.85. The molecule has 0 saturated heterocycles. The lowest BCUT2D eigenvalue weighted by molar-refractivity contribution is 0.104. The highest BCUT2D eigenvalue weighted by Crippen LogP contribution is 2.22. The van der Waals surface area contributed by atoms with Gasteiger partial charge in [0.15, 0.2) is 5.78 Å². The minimum Gasteiger partial charge on any atom is -0.398 e. The predicted molar refractivity (Wildman–Crippen MR) is 75.1 cm³/mol. The minimum atomic E-state index is -0.0500. The lowest BCUT2D eigenvalue weighted by atomic mass is 10.0. The van der Waals surface area contributed by atoms with Gasteiger partial charge in [-0.1, -0.05) is 12.1 Å². The molecule has 0 aliphatic rings. The van der Waals surface area contributed by atoms with E-state index in [1.54, 1.807) is 30.7 Å². The van der Waals surface area contributed by atoms with Crippen molar-refractivity contribution in [3.63, 3.8) is 0 Å². The van der Waals surface area contributed by atoms with E-state index in [1.807, 2.05) is 19.1 Å². The first kappa shape index (κ1) is 11.5. The predicted octanol–water partition coefficient (Wildman–Crippen LogP) is 2.68. The molecule has 2 aromatic heterocycles. The lowest BCUT2D eigenvalue weighted by Gasteiger charge is -2.03. The number of rotatable bonds is 2. The van der Waals surface area contributed by atoms with Crippen LogP contribution in [0.2, 0.25) is 0 Å². The van der Waals surface area contributed by atoms with E-state index in [0.717, 1.165) is 16.5 Å². The van der Waals surface area contributed by atoms with Crippen molar-refractivity contribution in [3.8, 4) is 0 Å². The summed E-state index contributed by atoms with van der Waals surface area (Å²) in [5.41, 5.74) is 9.56. The van der Waals surface area contributed by atoms with Crippen LogP contribution >= 0.6 is 0 Å². The normalized spacial score (nSPS) is 10.8. The van der Waals surface area contributed by atoms with Gasteiger partial charge < -0.3 is 10.7 Å². The topological polar surface area (TPSA) is 71.8 Å². The van der Waals surface area contributed by atoms with Crippen LogP contribution in [0, 0.1) is 6.92 Å². The van der Waals surface area contributed by atoms with Crippen LogP contribution in [0.3, 0.4) is 0 Å². The lowest BCUT2D eigenvalue weighted by Crippen LogP contribution is -2.02. The molecule has 0 radical (unpaired) electrons. The van der Waals surface area contributed by atoms with Crippen LogP contribution < -0.4 is 5.73 Å². The summed E-state index contributed by atoms with van der Waals surface area (Å²) in [5, 5.41) is 0.826. The molecule has 0 unspecified atom stereocenters. The van der Waals surface area contributed by atoms with Crippen molar-refractivity contribution in [2.75, 3.05) is 5.73 Å². The summed E-state index contributed by atoms with van der Waals surface area (Å²) in [6, 6.07) is 7.21. The summed E-state index contributed by atoms with van der Waals surface area (Å²) in [7, 11) is 0. The number of nitrogen functional groups attached to an aromatic ring is 1. The third-order valence-electron chi connectivity index (χ3n) is 3.27. The van der Waals surface area contributed by atoms with Gasteiger partial charge in [-0.25, -0.2) is 0 Å². The van der Waals surface area contributed by atoms with E-state index in [1.165, 1.54) is 0 Å². The van der Waals surface area contributed by atoms with Crippen molar-refractivity contribution in [1.82, 2.24) is 9.97 Å².